The summed E-state index contributed by atoms with van der Waals surface area (Å²) in [6.45, 7) is 25.3. The van der Waals surface area contributed by atoms with Crippen LogP contribution in [0.25, 0.3) is 0 Å². The molecule has 0 bridgehead atoms. The van der Waals surface area contributed by atoms with Crippen molar-refractivity contribution in [3.05, 3.63) is 14.9 Å². The molecule has 0 saturated heterocycles. The van der Waals surface area contributed by atoms with Crippen LogP contribution in [0.1, 0.15) is 172 Å². The van der Waals surface area contributed by atoms with Gasteiger partial charge in [-0.15, -0.1) is 0 Å². The maximum atomic E-state index is 8.51. The molecule has 2 aliphatic carbocycles. The van der Waals surface area contributed by atoms with E-state index in [1.807, 2.05) is 0 Å². The minimum absolute atomic E-state index is 0. The third kappa shape index (κ3) is 36.8. The van der Waals surface area contributed by atoms with E-state index in [2.05, 4.69) is 69.2 Å². The molecule has 2 aliphatic rings. The summed E-state index contributed by atoms with van der Waals surface area (Å²) in [4.78, 5) is 0. The van der Waals surface area contributed by atoms with Crippen LogP contribution in [0.4, 0.5) is 0 Å². The number of unbranched alkanes of at least 4 members (excludes halogenated alkanes) is 14. The van der Waals surface area contributed by atoms with E-state index in [0.717, 1.165) is 125 Å². The van der Waals surface area contributed by atoms with Gasteiger partial charge in [-0.3, -0.25) is 0 Å². The summed E-state index contributed by atoms with van der Waals surface area (Å²) in [7, 11) is 2.00. The molecule has 0 unspecified atom stereocenters. The molecule has 320 valence electrons. The number of rotatable bonds is 18. The second kappa shape index (κ2) is 52.2. The maximum absolute atomic E-state index is 8.51. The maximum Gasteiger partial charge on any atom is 0.0431 e. The van der Waals surface area contributed by atoms with Crippen molar-refractivity contribution in [1.29, 1.82) is 0 Å². The van der Waals surface area contributed by atoms with Crippen LogP contribution in [-0.4, -0.2) is 71.3 Å². The Kier molecular flexibility index (Phi) is 71.2. The third-order valence-corrected chi connectivity index (χ3v) is 12.4. The average molecular weight is 819 g/mol. The first-order valence-electron chi connectivity index (χ1n) is 20.3. The van der Waals surface area contributed by atoms with Gasteiger partial charge in [0, 0.05) is 84.1 Å². The first-order valence-corrected chi connectivity index (χ1v) is 20.3. The van der Waals surface area contributed by atoms with Crippen LogP contribution < -0.4 is 0 Å². The summed E-state index contributed by atoms with van der Waals surface area (Å²) in [5, 5.41) is 48.0. The van der Waals surface area contributed by atoms with E-state index < -0.39 is 0 Å². The zero-order valence-electron chi connectivity index (χ0n) is 37.6. The Morgan fingerprint density at radius 1 is 0.231 bits per heavy atom. The van der Waals surface area contributed by atoms with Crippen molar-refractivity contribution in [3.8, 4) is 0 Å². The van der Waals surface area contributed by atoms with Crippen LogP contribution in [0.15, 0.2) is 0 Å². The molecule has 2 fully saturated rings. The van der Waals surface area contributed by atoms with Gasteiger partial charge < -0.3 is 45.5 Å². The molecule has 0 aromatic rings. The Morgan fingerprint density at radius 3 is 0.385 bits per heavy atom. The number of hydrogen-bond donors (Lipinski definition) is 6. The first-order chi connectivity index (χ1) is 22.9. The fourth-order valence-electron chi connectivity index (χ4n) is 7.36. The van der Waals surface area contributed by atoms with E-state index in [0.29, 0.717) is 26.4 Å². The molecule has 0 atom stereocenters. The topological polar surface area (TPSA) is 121 Å². The summed E-state index contributed by atoms with van der Waals surface area (Å²) in [5.41, 5.74) is 0. The van der Waals surface area contributed by atoms with Gasteiger partial charge in [-0.2, -0.15) is 0 Å². The monoisotopic (exact) mass is 819 g/mol. The summed E-state index contributed by atoms with van der Waals surface area (Å²) < 4.78 is 0. The summed E-state index contributed by atoms with van der Waals surface area (Å²) in [5.74, 6) is 9.35. The van der Waals surface area contributed by atoms with Crippen LogP contribution in [0.2, 0.25) is 0 Å². The number of hydrogen-bond acceptors (Lipinski definition) is 6. The molecule has 0 radical (unpaired) electrons. The molecule has 0 aliphatic heterocycles. The van der Waals surface area contributed by atoms with Crippen molar-refractivity contribution < 1.29 is 74.1 Å². The Labute approximate surface area is 358 Å². The second-order valence-corrected chi connectivity index (χ2v) is 15.1. The zero-order valence-corrected chi connectivity index (χ0v) is 40.7. The van der Waals surface area contributed by atoms with Crippen molar-refractivity contribution in [2.75, 3.05) is 40.6 Å². The van der Waals surface area contributed by atoms with E-state index in [9.17, 15) is 0 Å². The summed E-state index contributed by atoms with van der Waals surface area (Å²) >= 11 is 0. The van der Waals surface area contributed by atoms with E-state index in [1.54, 1.807) is 0 Å². The Morgan fingerprint density at radius 2 is 0.308 bits per heavy atom. The standard InChI is InChI=1S/2C10H22O2.2C10H20.2CH4O.2CH3.2Ti/c2*11-9-7-5-3-1-2-4-6-8-10-12;2*1-6-7(2)9(4)10(5)8(6)3;2*1-2;;;;/h2*11-12H,1-10H2;2*6-10H,1-5H3;2*2H,1H3;2*1H3;;/q;;;;;;2*-1;;. The predicted molar refractivity (Wildman–Crippen MR) is 223 cm³/mol. The largest absolute Gasteiger partial charge is 0.400 e. The zero-order chi connectivity index (χ0) is 37.9. The van der Waals surface area contributed by atoms with Crippen molar-refractivity contribution in [1.82, 2.24) is 0 Å². The van der Waals surface area contributed by atoms with Gasteiger partial charge in [0.1, 0.15) is 0 Å². The van der Waals surface area contributed by atoms with Gasteiger partial charge in [-0.1, -0.05) is 146 Å². The smallest absolute Gasteiger partial charge is 0.0431 e. The minimum atomic E-state index is 0. The van der Waals surface area contributed by atoms with E-state index in [-0.39, 0.29) is 58.3 Å². The van der Waals surface area contributed by atoms with Crippen LogP contribution >= 0.6 is 0 Å². The SMILES string of the molecule is CC1C(C)C(C)C(C)C1C.CC1C(C)C(C)C(C)C1C.CO.CO.OCCCCCCCCCCO.OCCCCCCCCCCO.[CH3-].[CH3-].[Ti].[Ti]. The van der Waals surface area contributed by atoms with Gasteiger partial charge in [0.05, 0.1) is 0 Å². The quantitative estimate of drug-likeness (QED) is 0.0465. The molecule has 0 amide bonds. The molecule has 0 heterocycles. The van der Waals surface area contributed by atoms with E-state index >= 15 is 0 Å². The van der Waals surface area contributed by atoms with Crippen LogP contribution in [0.5, 0.6) is 0 Å². The number of aliphatic hydroxyl groups is 6. The molecule has 2 saturated carbocycles. The molecule has 2 rings (SSSR count). The average Bonchev–Trinajstić information content (AvgIpc) is 3.39. The molecular formula is C44H98O6Ti2-2. The van der Waals surface area contributed by atoms with Gasteiger partial charge in [0.2, 0.25) is 0 Å². The molecule has 0 aromatic carbocycles. The van der Waals surface area contributed by atoms with Crippen molar-refractivity contribution in [3.63, 3.8) is 0 Å². The molecule has 8 heteroatoms. The Balaban J connectivity index is -0.0000000782. The normalized spacial score (nSPS) is 26.4. The van der Waals surface area contributed by atoms with Crippen LogP contribution in [0.3, 0.4) is 0 Å². The minimum Gasteiger partial charge on any atom is -0.400 e. The first kappa shape index (κ1) is 70.9. The van der Waals surface area contributed by atoms with Crippen LogP contribution in [0, 0.1) is 74.0 Å². The Bertz CT molecular complexity index is 443. The molecular weight excluding hydrogens is 720 g/mol. The van der Waals surface area contributed by atoms with Gasteiger partial charge in [-0.25, -0.2) is 0 Å². The van der Waals surface area contributed by atoms with Crippen LogP contribution in [-0.2, 0) is 43.4 Å². The van der Waals surface area contributed by atoms with Crippen molar-refractivity contribution in [2.45, 2.75) is 172 Å². The van der Waals surface area contributed by atoms with Crippen molar-refractivity contribution >= 4 is 0 Å². The van der Waals surface area contributed by atoms with E-state index in [4.69, 9.17) is 30.6 Å². The fourth-order valence-corrected chi connectivity index (χ4v) is 7.36. The molecule has 6 nitrogen and oxygen atoms in total. The molecule has 0 spiro atoms. The third-order valence-electron chi connectivity index (χ3n) is 12.4. The summed E-state index contributed by atoms with van der Waals surface area (Å²) in [6, 6.07) is 0. The van der Waals surface area contributed by atoms with Crippen molar-refractivity contribution in [2.24, 2.45) is 59.2 Å². The second-order valence-electron chi connectivity index (χ2n) is 15.1. The van der Waals surface area contributed by atoms with Gasteiger partial charge in [0.15, 0.2) is 0 Å². The predicted octanol–water partition coefficient (Wildman–Crippen LogP) is 10.7. The van der Waals surface area contributed by atoms with Gasteiger partial charge >= 0.3 is 0 Å². The van der Waals surface area contributed by atoms with Gasteiger partial charge in [-0.05, 0) is 84.9 Å². The Hall–Kier alpha value is 1.19. The molecule has 0 aromatic heterocycles. The summed E-state index contributed by atoms with van der Waals surface area (Å²) in [6.07, 6.45) is 18.6. The molecule has 52 heavy (non-hydrogen) atoms. The fraction of sp³-hybridized carbons (Fsp3) is 0.955. The molecule has 6 N–H and O–H groups in total. The van der Waals surface area contributed by atoms with Gasteiger partial charge in [0.25, 0.3) is 0 Å². The van der Waals surface area contributed by atoms with E-state index in [1.165, 1.54) is 51.4 Å². The number of aliphatic hydroxyl groups excluding tert-OH is 6.